The first kappa shape index (κ1) is 11.8. The van der Waals surface area contributed by atoms with Crippen LogP contribution in [0.2, 0.25) is 0 Å². The highest BCUT2D eigenvalue weighted by Gasteiger charge is 2.17. The summed E-state index contributed by atoms with van der Waals surface area (Å²) in [7, 11) is 0. The molecule has 0 spiro atoms. The number of hydrogen-bond acceptors (Lipinski definition) is 3. The number of esters is 1. The van der Waals surface area contributed by atoms with E-state index in [0.29, 0.717) is 13.0 Å². The van der Waals surface area contributed by atoms with Crippen LogP contribution in [-0.4, -0.2) is 12.6 Å². The maximum atomic E-state index is 11.4. The van der Waals surface area contributed by atoms with Crippen LogP contribution in [0.1, 0.15) is 44.8 Å². The molecule has 3 nitrogen and oxygen atoms in total. The third-order valence-electron chi connectivity index (χ3n) is 2.32. The fraction of sp³-hybridized carbons (Fsp3) is 0.583. The van der Waals surface area contributed by atoms with Crippen molar-refractivity contribution in [3.63, 3.8) is 0 Å². The Morgan fingerprint density at radius 2 is 2.33 bits per heavy atom. The van der Waals surface area contributed by atoms with Crippen molar-refractivity contribution in [1.82, 2.24) is 0 Å². The molecule has 0 aliphatic carbocycles. The Balaban J connectivity index is 2.44. The van der Waals surface area contributed by atoms with Gasteiger partial charge in [-0.05, 0) is 25.0 Å². The number of hydrogen-bond donors (Lipinski definition) is 0. The van der Waals surface area contributed by atoms with E-state index < -0.39 is 0 Å². The average molecular weight is 210 g/mol. The molecule has 0 amide bonds. The van der Waals surface area contributed by atoms with E-state index in [1.807, 2.05) is 26.0 Å². The summed E-state index contributed by atoms with van der Waals surface area (Å²) < 4.78 is 10.3. The van der Waals surface area contributed by atoms with Crippen molar-refractivity contribution in [2.45, 2.75) is 39.0 Å². The van der Waals surface area contributed by atoms with Crippen LogP contribution in [0.4, 0.5) is 0 Å². The van der Waals surface area contributed by atoms with Crippen molar-refractivity contribution in [3.8, 4) is 0 Å². The van der Waals surface area contributed by atoms with E-state index in [0.717, 1.165) is 18.6 Å². The van der Waals surface area contributed by atoms with Gasteiger partial charge in [0.2, 0.25) is 0 Å². The molecule has 3 heteroatoms. The van der Waals surface area contributed by atoms with E-state index in [-0.39, 0.29) is 11.9 Å². The maximum Gasteiger partial charge on any atom is 0.306 e. The largest absolute Gasteiger partial charge is 0.469 e. The lowest BCUT2D eigenvalue weighted by molar-refractivity contribution is -0.144. The Bertz CT molecular complexity index is 277. The highest BCUT2D eigenvalue weighted by molar-refractivity contribution is 5.70. The lowest BCUT2D eigenvalue weighted by Gasteiger charge is -2.11. The molecule has 15 heavy (non-hydrogen) atoms. The fourth-order valence-electron chi connectivity index (χ4n) is 1.45. The van der Waals surface area contributed by atoms with Gasteiger partial charge in [0.15, 0.2) is 0 Å². The molecule has 1 aromatic rings. The van der Waals surface area contributed by atoms with E-state index >= 15 is 0 Å². The molecule has 1 aromatic heterocycles. The van der Waals surface area contributed by atoms with Gasteiger partial charge in [0, 0.05) is 5.92 Å². The zero-order chi connectivity index (χ0) is 11.1. The molecule has 0 aliphatic heterocycles. The highest BCUT2D eigenvalue weighted by Crippen LogP contribution is 2.23. The summed E-state index contributed by atoms with van der Waals surface area (Å²) in [6.45, 7) is 4.53. The van der Waals surface area contributed by atoms with Crippen LogP contribution in [0.25, 0.3) is 0 Å². The highest BCUT2D eigenvalue weighted by atomic mass is 16.5. The Hall–Kier alpha value is -1.25. The van der Waals surface area contributed by atoms with Crippen LogP contribution < -0.4 is 0 Å². The SMILES string of the molecule is CCCOC(=O)CC(CC)c1ccco1. The molecule has 1 unspecified atom stereocenters. The van der Waals surface area contributed by atoms with Gasteiger partial charge < -0.3 is 9.15 Å². The van der Waals surface area contributed by atoms with Crippen molar-refractivity contribution in [2.75, 3.05) is 6.61 Å². The molecule has 1 rings (SSSR count). The number of carbonyl (C=O) groups is 1. The molecule has 0 fully saturated rings. The normalized spacial score (nSPS) is 12.4. The standard InChI is InChI=1S/C12H18O3/c1-3-7-15-12(13)9-10(4-2)11-6-5-8-14-11/h5-6,8,10H,3-4,7,9H2,1-2H3. The third kappa shape index (κ3) is 3.78. The number of ether oxygens (including phenoxy) is 1. The summed E-state index contributed by atoms with van der Waals surface area (Å²) in [5, 5.41) is 0. The second kappa shape index (κ2) is 6.27. The average Bonchev–Trinajstić information content (AvgIpc) is 2.76. The van der Waals surface area contributed by atoms with Crippen LogP contribution in [0.3, 0.4) is 0 Å². The van der Waals surface area contributed by atoms with Crippen LogP contribution in [-0.2, 0) is 9.53 Å². The molecule has 0 aliphatic rings. The third-order valence-corrected chi connectivity index (χ3v) is 2.32. The van der Waals surface area contributed by atoms with Gasteiger partial charge in [-0.3, -0.25) is 4.79 Å². The van der Waals surface area contributed by atoms with Crippen molar-refractivity contribution in [1.29, 1.82) is 0 Å². The van der Waals surface area contributed by atoms with E-state index in [1.54, 1.807) is 6.26 Å². The fourth-order valence-corrected chi connectivity index (χ4v) is 1.45. The first-order valence-corrected chi connectivity index (χ1v) is 5.47. The topological polar surface area (TPSA) is 39.4 Å². The number of rotatable bonds is 6. The number of carbonyl (C=O) groups excluding carboxylic acids is 1. The minimum atomic E-state index is -0.139. The van der Waals surface area contributed by atoms with Crippen molar-refractivity contribution < 1.29 is 13.9 Å². The van der Waals surface area contributed by atoms with Crippen LogP contribution >= 0.6 is 0 Å². The molecule has 1 heterocycles. The van der Waals surface area contributed by atoms with E-state index in [1.165, 1.54) is 0 Å². The molecule has 1 atom stereocenters. The number of furan rings is 1. The van der Waals surface area contributed by atoms with Crippen LogP contribution in [0.15, 0.2) is 22.8 Å². The Morgan fingerprint density at radius 3 is 2.87 bits per heavy atom. The first-order chi connectivity index (χ1) is 7.27. The summed E-state index contributed by atoms with van der Waals surface area (Å²) in [6, 6.07) is 3.75. The molecule has 0 saturated heterocycles. The summed E-state index contributed by atoms with van der Waals surface area (Å²) >= 11 is 0. The molecule has 0 bridgehead atoms. The molecule has 84 valence electrons. The summed E-state index contributed by atoms with van der Waals surface area (Å²) in [6.07, 6.45) is 3.79. The molecular weight excluding hydrogens is 192 g/mol. The smallest absolute Gasteiger partial charge is 0.306 e. The molecule has 0 saturated carbocycles. The van der Waals surface area contributed by atoms with Gasteiger partial charge in [-0.25, -0.2) is 0 Å². The van der Waals surface area contributed by atoms with Crippen molar-refractivity contribution in [2.24, 2.45) is 0 Å². The first-order valence-electron chi connectivity index (χ1n) is 5.47. The minimum Gasteiger partial charge on any atom is -0.469 e. The van der Waals surface area contributed by atoms with Gasteiger partial charge in [0.1, 0.15) is 5.76 Å². The molecule has 0 radical (unpaired) electrons. The molecular formula is C12H18O3. The summed E-state index contributed by atoms with van der Waals surface area (Å²) in [4.78, 5) is 11.4. The second-order valence-corrected chi connectivity index (χ2v) is 3.55. The van der Waals surface area contributed by atoms with Gasteiger partial charge in [0.25, 0.3) is 0 Å². The predicted octanol–water partition coefficient (Wildman–Crippen LogP) is 3.12. The van der Waals surface area contributed by atoms with E-state index in [2.05, 4.69) is 0 Å². The van der Waals surface area contributed by atoms with Crippen molar-refractivity contribution in [3.05, 3.63) is 24.2 Å². The summed E-state index contributed by atoms with van der Waals surface area (Å²) in [5.74, 6) is 0.871. The summed E-state index contributed by atoms with van der Waals surface area (Å²) in [5.41, 5.74) is 0. The predicted molar refractivity (Wildman–Crippen MR) is 57.6 cm³/mol. The zero-order valence-corrected chi connectivity index (χ0v) is 9.36. The quantitative estimate of drug-likeness (QED) is 0.677. The zero-order valence-electron chi connectivity index (χ0n) is 9.36. The minimum absolute atomic E-state index is 0.139. The lowest BCUT2D eigenvalue weighted by atomic mass is 10.00. The van der Waals surface area contributed by atoms with Crippen LogP contribution in [0.5, 0.6) is 0 Å². The Kier molecular flexibility index (Phi) is 4.95. The van der Waals surface area contributed by atoms with Crippen LogP contribution in [0, 0.1) is 0 Å². The van der Waals surface area contributed by atoms with Gasteiger partial charge in [0.05, 0.1) is 19.3 Å². The van der Waals surface area contributed by atoms with Gasteiger partial charge in [-0.1, -0.05) is 13.8 Å². The maximum absolute atomic E-state index is 11.4. The lowest BCUT2D eigenvalue weighted by Crippen LogP contribution is -2.10. The monoisotopic (exact) mass is 210 g/mol. The second-order valence-electron chi connectivity index (χ2n) is 3.55. The van der Waals surface area contributed by atoms with E-state index in [4.69, 9.17) is 9.15 Å². The Labute approximate surface area is 90.4 Å². The van der Waals surface area contributed by atoms with Gasteiger partial charge in [-0.2, -0.15) is 0 Å². The Morgan fingerprint density at radius 1 is 1.53 bits per heavy atom. The van der Waals surface area contributed by atoms with Gasteiger partial charge >= 0.3 is 5.97 Å². The van der Waals surface area contributed by atoms with Crippen molar-refractivity contribution >= 4 is 5.97 Å². The van der Waals surface area contributed by atoms with Gasteiger partial charge in [-0.15, -0.1) is 0 Å². The molecule has 0 N–H and O–H groups in total. The van der Waals surface area contributed by atoms with E-state index in [9.17, 15) is 4.79 Å². The molecule has 0 aromatic carbocycles.